The number of hydrogen-bond acceptors (Lipinski definition) is 2. The predicted molar refractivity (Wildman–Crippen MR) is 77.8 cm³/mol. The lowest BCUT2D eigenvalue weighted by Crippen LogP contribution is -2.02. The number of carbonyl (C=O) groups is 1. The van der Waals surface area contributed by atoms with Crippen LogP contribution < -0.4 is 0 Å². The van der Waals surface area contributed by atoms with Gasteiger partial charge in [-0.15, -0.1) is 0 Å². The van der Waals surface area contributed by atoms with Gasteiger partial charge in [0.2, 0.25) is 0 Å². The molecule has 0 radical (unpaired) electrons. The molecular formula is C15H11ClN2O2. The van der Waals surface area contributed by atoms with E-state index in [9.17, 15) is 9.90 Å². The van der Waals surface area contributed by atoms with Gasteiger partial charge in [-0.05, 0) is 36.8 Å². The SMILES string of the molecule is Cc1c(Cl)cccc1-n1cnc2cccc(C(=O)O)c21. The van der Waals surface area contributed by atoms with Crippen LogP contribution in [0.2, 0.25) is 5.02 Å². The summed E-state index contributed by atoms with van der Waals surface area (Å²) in [6.07, 6.45) is 1.62. The van der Waals surface area contributed by atoms with Crippen LogP contribution in [0.1, 0.15) is 15.9 Å². The molecule has 1 N–H and O–H groups in total. The third-order valence-electron chi connectivity index (χ3n) is 3.30. The van der Waals surface area contributed by atoms with Crippen LogP contribution in [0.4, 0.5) is 0 Å². The summed E-state index contributed by atoms with van der Waals surface area (Å²) < 4.78 is 1.76. The van der Waals surface area contributed by atoms with E-state index in [2.05, 4.69) is 4.98 Å². The zero-order valence-corrected chi connectivity index (χ0v) is 11.4. The number of nitrogens with zero attached hydrogens (tertiary/aromatic N) is 2. The van der Waals surface area contributed by atoms with Crippen LogP contribution in [0.25, 0.3) is 16.7 Å². The average molecular weight is 287 g/mol. The van der Waals surface area contributed by atoms with E-state index in [1.54, 1.807) is 35.2 Å². The molecule has 0 fully saturated rings. The quantitative estimate of drug-likeness (QED) is 0.782. The van der Waals surface area contributed by atoms with Gasteiger partial charge in [-0.3, -0.25) is 4.57 Å². The molecule has 1 aromatic heterocycles. The molecule has 0 saturated heterocycles. The maximum absolute atomic E-state index is 11.4. The molecule has 0 spiro atoms. The molecule has 2 aromatic carbocycles. The minimum Gasteiger partial charge on any atom is -0.478 e. The molecule has 4 nitrogen and oxygen atoms in total. The van der Waals surface area contributed by atoms with Gasteiger partial charge in [0.25, 0.3) is 0 Å². The number of para-hydroxylation sites is 1. The first-order chi connectivity index (χ1) is 9.59. The van der Waals surface area contributed by atoms with Crippen molar-refractivity contribution >= 4 is 28.6 Å². The maximum Gasteiger partial charge on any atom is 0.337 e. The number of carboxylic acids is 1. The maximum atomic E-state index is 11.4. The Morgan fingerprint density at radius 1 is 1.25 bits per heavy atom. The van der Waals surface area contributed by atoms with Crippen molar-refractivity contribution in [1.82, 2.24) is 9.55 Å². The molecule has 100 valence electrons. The van der Waals surface area contributed by atoms with Crippen molar-refractivity contribution in [2.24, 2.45) is 0 Å². The van der Waals surface area contributed by atoms with E-state index in [0.717, 1.165) is 11.3 Å². The monoisotopic (exact) mass is 286 g/mol. The van der Waals surface area contributed by atoms with Crippen LogP contribution in [-0.2, 0) is 0 Å². The van der Waals surface area contributed by atoms with Gasteiger partial charge in [0.15, 0.2) is 0 Å². The molecule has 0 bridgehead atoms. The van der Waals surface area contributed by atoms with Gasteiger partial charge in [-0.2, -0.15) is 0 Å². The molecule has 20 heavy (non-hydrogen) atoms. The highest BCUT2D eigenvalue weighted by molar-refractivity contribution is 6.31. The van der Waals surface area contributed by atoms with Gasteiger partial charge in [0, 0.05) is 5.02 Å². The second-order valence-corrected chi connectivity index (χ2v) is 4.88. The first-order valence-electron chi connectivity index (χ1n) is 6.04. The standard InChI is InChI=1S/C15H11ClN2O2/c1-9-11(16)5-3-7-13(9)18-8-17-12-6-2-4-10(14(12)18)15(19)20/h2-8H,1H3,(H,19,20). The summed E-state index contributed by atoms with van der Waals surface area (Å²) in [5.41, 5.74) is 3.15. The van der Waals surface area contributed by atoms with Gasteiger partial charge in [-0.25, -0.2) is 9.78 Å². The number of aromatic carboxylic acids is 1. The van der Waals surface area contributed by atoms with Crippen molar-refractivity contribution in [2.45, 2.75) is 6.92 Å². The molecule has 0 aliphatic heterocycles. The lowest BCUT2D eigenvalue weighted by molar-refractivity contribution is 0.0698. The van der Waals surface area contributed by atoms with Crippen molar-refractivity contribution in [2.75, 3.05) is 0 Å². The van der Waals surface area contributed by atoms with Crippen molar-refractivity contribution in [1.29, 1.82) is 0 Å². The fourth-order valence-corrected chi connectivity index (χ4v) is 2.45. The van der Waals surface area contributed by atoms with Gasteiger partial charge >= 0.3 is 5.97 Å². The Hall–Kier alpha value is -2.33. The van der Waals surface area contributed by atoms with E-state index >= 15 is 0 Å². The Morgan fingerprint density at radius 3 is 2.75 bits per heavy atom. The van der Waals surface area contributed by atoms with Crippen LogP contribution in [0.15, 0.2) is 42.7 Å². The molecule has 3 rings (SSSR count). The van der Waals surface area contributed by atoms with E-state index in [0.29, 0.717) is 16.1 Å². The molecule has 0 unspecified atom stereocenters. The predicted octanol–water partition coefficient (Wildman–Crippen LogP) is 3.69. The Bertz CT molecular complexity index is 824. The summed E-state index contributed by atoms with van der Waals surface area (Å²) in [5, 5.41) is 9.97. The minimum atomic E-state index is -0.975. The average Bonchev–Trinajstić information content (AvgIpc) is 2.85. The van der Waals surface area contributed by atoms with Crippen LogP contribution in [-0.4, -0.2) is 20.6 Å². The third kappa shape index (κ3) is 1.85. The van der Waals surface area contributed by atoms with Crippen molar-refractivity contribution < 1.29 is 9.90 Å². The number of aromatic nitrogens is 2. The largest absolute Gasteiger partial charge is 0.478 e. The molecule has 0 saturated carbocycles. The summed E-state index contributed by atoms with van der Waals surface area (Å²) in [6.45, 7) is 1.90. The summed E-state index contributed by atoms with van der Waals surface area (Å²) >= 11 is 6.13. The van der Waals surface area contributed by atoms with E-state index in [1.807, 2.05) is 19.1 Å². The Morgan fingerprint density at radius 2 is 2.00 bits per heavy atom. The summed E-state index contributed by atoms with van der Waals surface area (Å²) in [4.78, 5) is 15.6. The zero-order chi connectivity index (χ0) is 14.3. The second kappa shape index (κ2) is 4.65. The van der Waals surface area contributed by atoms with Crippen LogP contribution in [0.5, 0.6) is 0 Å². The smallest absolute Gasteiger partial charge is 0.337 e. The normalized spacial score (nSPS) is 10.9. The van der Waals surface area contributed by atoms with Gasteiger partial charge in [0.1, 0.15) is 6.33 Å². The number of rotatable bonds is 2. The second-order valence-electron chi connectivity index (χ2n) is 4.48. The van der Waals surface area contributed by atoms with Crippen LogP contribution >= 0.6 is 11.6 Å². The Balaban J connectivity index is 2.38. The first-order valence-corrected chi connectivity index (χ1v) is 6.42. The van der Waals surface area contributed by atoms with Crippen LogP contribution in [0, 0.1) is 6.92 Å². The van der Waals surface area contributed by atoms with E-state index in [4.69, 9.17) is 11.6 Å². The van der Waals surface area contributed by atoms with Crippen molar-refractivity contribution in [3.05, 3.63) is 58.9 Å². The number of imidazole rings is 1. The fourth-order valence-electron chi connectivity index (χ4n) is 2.28. The van der Waals surface area contributed by atoms with Gasteiger partial charge < -0.3 is 5.11 Å². The van der Waals surface area contributed by atoms with Gasteiger partial charge in [0.05, 0.1) is 22.3 Å². The molecule has 0 atom stereocenters. The molecular weight excluding hydrogens is 276 g/mol. The summed E-state index contributed by atoms with van der Waals surface area (Å²) in [5.74, 6) is -0.975. The number of carboxylic acid groups (broad SMARTS) is 1. The van der Waals surface area contributed by atoms with Crippen molar-refractivity contribution in [3.8, 4) is 5.69 Å². The van der Waals surface area contributed by atoms with E-state index in [-0.39, 0.29) is 5.56 Å². The summed E-state index contributed by atoms with van der Waals surface area (Å²) in [7, 11) is 0. The highest BCUT2D eigenvalue weighted by atomic mass is 35.5. The number of hydrogen-bond donors (Lipinski definition) is 1. The third-order valence-corrected chi connectivity index (χ3v) is 3.71. The molecule has 3 aromatic rings. The lowest BCUT2D eigenvalue weighted by atomic mass is 10.1. The Kier molecular flexibility index (Phi) is 2.95. The van der Waals surface area contributed by atoms with Crippen LogP contribution in [0.3, 0.4) is 0 Å². The Labute approximate surface area is 120 Å². The van der Waals surface area contributed by atoms with E-state index < -0.39 is 5.97 Å². The topological polar surface area (TPSA) is 55.1 Å². The van der Waals surface area contributed by atoms with Gasteiger partial charge in [-0.1, -0.05) is 23.7 Å². The number of halogens is 1. The number of benzene rings is 2. The highest BCUT2D eigenvalue weighted by Crippen LogP contribution is 2.27. The molecule has 1 heterocycles. The fraction of sp³-hybridized carbons (Fsp3) is 0.0667. The lowest BCUT2D eigenvalue weighted by Gasteiger charge is -2.10. The number of fused-ring (bicyclic) bond motifs is 1. The minimum absolute atomic E-state index is 0.222. The first kappa shape index (κ1) is 12.7. The molecule has 0 aliphatic carbocycles. The summed E-state index contributed by atoms with van der Waals surface area (Å²) in [6, 6.07) is 10.6. The molecule has 5 heteroatoms. The highest BCUT2D eigenvalue weighted by Gasteiger charge is 2.15. The van der Waals surface area contributed by atoms with Crippen molar-refractivity contribution in [3.63, 3.8) is 0 Å². The zero-order valence-electron chi connectivity index (χ0n) is 10.7. The molecule has 0 aliphatic rings. The van der Waals surface area contributed by atoms with E-state index in [1.165, 1.54) is 0 Å². The molecule has 0 amide bonds.